The first-order chi connectivity index (χ1) is 14.0. The Labute approximate surface area is 169 Å². The highest BCUT2D eigenvalue weighted by Crippen LogP contribution is 2.27. The van der Waals surface area contributed by atoms with Crippen molar-refractivity contribution in [3.63, 3.8) is 0 Å². The minimum atomic E-state index is -1.65. The van der Waals surface area contributed by atoms with Gasteiger partial charge in [-0.3, -0.25) is 9.59 Å². The Morgan fingerprint density at radius 3 is 2.79 bits per heavy atom. The maximum absolute atomic E-state index is 14.4. The van der Waals surface area contributed by atoms with Gasteiger partial charge in [0.15, 0.2) is 0 Å². The SMILES string of the molecule is CC(NC(=O)c1cc2c(cn1)OCCC2)C1CN(C(=O)C(F)c2ccccc2)C1. The summed E-state index contributed by atoms with van der Waals surface area (Å²) in [4.78, 5) is 30.6. The average Bonchev–Trinajstić information content (AvgIpc) is 2.72. The third-order valence-electron chi connectivity index (χ3n) is 5.63. The van der Waals surface area contributed by atoms with Crippen molar-refractivity contribution in [1.82, 2.24) is 15.2 Å². The molecule has 0 radical (unpaired) electrons. The number of pyridine rings is 1. The maximum atomic E-state index is 14.4. The zero-order chi connectivity index (χ0) is 20.4. The fraction of sp³-hybridized carbons (Fsp3) is 0.409. The minimum Gasteiger partial charge on any atom is -0.492 e. The van der Waals surface area contributed by atoms with E-state index in [4.69, 9.17) is 4.74 Å². The number of benzene rings is 1. The summed E-state index contributed by atoms with van der Waals surface area (Å²) in [6, 6.07) is 10.1. The normalized spacial score (nSPS) is 18.1. The number of alkyl halides is 1. The topological polar surface area (TPSA) is 71.5 Å². The van der Waals surface area contributed by atoms with Gasteiger partial charge in [-0.1, -0.05) is 30.3 Å². The number of fused-ring (bicyclic) bond motifs is 1. The molecular formula is C22H24FN3O3. The number of nitrogens with zero attached hydrogens (tertiary/aromatic N) is 2. The lowest BCUT2D eigenvalue weighted by molar-refractivity contribution is -0.143. The van der Waals surface area contributed by atoms with Crippen LogP contribution in [-0.2, 0) is 11.2 Å². The Bertz CT molecular complexity index is 899. The molecule has 29 heavy (non-hydrogen) atoms. The van der Waals surface area contributed by atoms with Crippen LogP contribution in [0.4, 0.5) is 4.39 Å². The van der Waals surface area contributed by atoms with Gasteiger partial charge in [0.1, 0.15) is 11.4 Å². The van der Waals surface area contributed by atoms with Gasteiger partial charge in [0.2, 0.25) is 6.17 Å². The van der Waals surface area contributed by atoms with E-state index in [-0.39, 0.29) is 17.9 Å². The molecule has 2 amide bonds. The molecule has 2 aliphatic heterocycles. The quantitative estimate of drug-likeness (QED) is 0.842. The molecule has 1 saturated heterocycles. The van der Waals surface area contributed by atoms with Crippen molar-refractivity contribution in [3.05, 3.63) is 59.4 Å². The van der Waals surface area contributed by atoms with Crippen molar-refractivity contribution in [2.75, 3.05) is 19.7 Å². The fourth-order valence-corrected chi connectivity index (χ4v) is 3.71. The van der Waals surface area contributed by atoms with Crippen molar-refractivity contribution in [3.8, 4) is 5.75 Å². The first kappa shape index (κ1) is 19.4. The molecule has 7 heteroatoms. The Balaban J connectivity index is 1.30. The van der Waals surface area contributed by atoms with Crippen molar-refractivity contribution < 1.29 is 18.7 Å². The third-order valence-corrected chi connectivity index (χ3v) is 5.63. The molecular weight excluding hydrogens is 373 g/mol. The number of carbonyl (C=O) groups excluding carboxylic acids is 2. The number of hydrogen-bond donors (Lipinski definition) is 1. The Morgan fingerprint density at radius 2 is 2.03 bits per heavy atom. The van der Waals surface area contributed by atoms with E-state index in [0.29, 0.717) is 31.0 Å². The molecule has 0 aliphatic carbocycles. The predicted octanol–water partition coefficient (Wildman–Crippen LogP) is 2.69. The van der Waals surface area contributed by atoms with Crippen molar-refractivity contribution in [1.29, 1.82) is 0 Å². The Kier molecular flexibility index (Phi) is 5.47. The van der Waals surface area contributed by atoms with Gasteiger partial charge in [-0.2, -0.15) is 0 Å². The molecule has 152 valence electrons. The molecule has 6 nitrogen and oxygen atoms in total. The van der Waals surface area contributed by atoms with Crippen molar-refractivity contribution in [2.24, 2.45) is 5.92 Å². The van der Waals surface area contributed by atoms with Crippen LogP contribution < -0.4 is 10.1 Å². The van der Waals surface area contributed by atoms with Crippen LogP contribution in [0, 0.1) is 5.92 Å². The van der Waals surface area contributed by atoms with Gasteiger partial charge in [0, 0.05) is 25.0 Å². The number of likely N-dealkylation sites (tertiary alicyclic amines) is 1. The van der Waals surface area contributed by atoms with Gasteiger partial charge in [-0.15, -0.1) is 0 Å². The molecule has 0 spiro atoms. The highest BCUT2D eigenvalue weighted by Gasteiger charge is 2.38. The first-order valence-corrected chi connectivity index (χ1v) is 9.93. The smallest absolute Gasteiger partial charge is 0.270 e. The van der Waals surface area contributed by atoms with Crippen LogP contribution in [0.3, 0.4) is 0 Å². The fourth-order valence-electron chi connectivity index (χ4n) is 3.71. The van der Waals surface area contributed by atoms with Crippen LogP contribution in [0.5, 0.6) is 5.75 Å². The van der Waals surface area contributed by atoms with Crippen LogP contribution in [0.2, 0.25) is 0 Å². The zero-order valence-electron chi connectivity index (χ0n) is 16.3. The second-order valence-corrected chi connectivity index (χ2v) is 7.67. The molecule has 0 bridgehead atoms. The lowest BCUT2D eigenvalue weighted by Crippen LogP contribution is -2.58. The van der Waals surface area contributed by atoms with Gasteiger partial charge in [-0.05, 0) is 37.0 Å². The molecule has 1 aromatic carbocycles. The molecule has 3 heterocycles. The largest absolute Gasteiger partial charge is 0.492 e. The van der Waals surface area contributed by atoms with Gasteiger partial charge < -0.3 is 15.0 Å². The number of amides is 2. The van der Waals surface area contributed by atoms with E-state index >= 15 is 0 Å². The van der Waals surface area contributed by atoms with Gasteiger partial charge in [-0.25, -0.2) is 9.37 Å². The van der Waals surface area contributed by atoms with E-state index in [1.54, 1.807) is 42.6 Å². The summed E-state index contributed by atoms with van der Waals surface area (Å²) in [5.74, 6) is 0.0608. The summed E-state index contributed by atoms with van der Waals surface area (Å²) >= 11 is 0. The minimum absolute atomic E-state index is 0.0897. The third kappa shape index (κ3) is 4.09. The van der Waals surface area contributed by atoms with Crippen LogP contribution in [0.25, 0.3) is 0 Å². The standard InChI is InChI=1S/C22H24FN3O3/c1-14(25-21(27)18-10-16-8-5-9-29-19(16)11-24-18)17-12-26(13-17)22(28)20(23)15-6-3-2-4-7-15/h2-4,6-7,10-11,14,17,20H,5,8-9,12-13H2,1H3,(H,25,27). The average molecular weight is 397 g/mol. The van der Waals surface area contributed by atoms with Crippen molar-refractivity contribution >= 4 is 11.8 Å². The molecule has 1 aromatic heterocycles. The number of hydrogen-bond acceptors (Lipinski definition) is 4. The van der Waals surface area contributed by atoms with Crippen molar-refractivity contribution in [2.45, 2.75) is 32.0 Å². The number of carbonyl (C=O) groups is 2. The highest BCUT2D eigenvalue weighted by atomic mass is 19.1. The lowest BCUT2D eigenvalue weighted by atomic mass is 9.91. The first-order valence-electron chi connectivity index (χ1n) is 9.93. The molecule has 2 aliphatic rings. The van der Waals surface area contributed by atoms with Gasteiger partial charge >= 0.3 is 0 Å². The van der Waals surface area contributed by atoms with E-state index in [1.165, 1.54) is 4.90 Å². The molecule has 2 aromatic rings. The predicted molar refractivity (Wildman–Crippen MR) is 105 cm³/mol. The number of aromatic nitrogens is 1. The Morgan fingerprint density at radius 1 is 1.28 bits per heavy atom. The number of halogens is 1. The number of nitrogens with one attached hydrogen (secondary N) is 1. The van der Waals surface area contributed by atoms with E-state index in [0.717, 1.165) is 24.2 Å². The summed E-state index contributed by atoms with van der Waals surface area (Å²) in [7, 11) is 0. The Hall–Kier alpha value is -2.96. The second-order valence-electron chi connectivity index (χ2n) is 7.67. The number of aryl methyl sites for hydroxylation is 1. The summed E-state index contributed by atoms with van der Waals surface area (Å²) < 4.78 is 19.9. The van der Waals surface area contributed by atoms with Crippen LogP contribution in [0.15, 0.2) is 42.6 Å². The van der Waals surface area contributed by atoms with E-state index in [1.807, 2.05) is 6.92 Å². The van der Waals surface area contributed by atoms with E-state index in [2.05, 4.69) is 10.3 Å². The zero-order valence-corrected chi connectivity index (χ0v) is 16.3. The molecule has 0 saturated carbocycles. The molecule has 4 rings (SSSR count). The summed E-state index contributed by atoms with van der Waals surface area (Å²) in [6.45, 7) is 3.44. The van der Waals surface area contributed by atoms with Gasteiger partial charge in [0.05, 0.1) is 12.8 Å². The summed E-state index contributed by atoms with van der Waals surface area (Å²) in [5.41, 5.74) is 1.73. The van der Waals surface area contributed by atoms with Gasteiger partial charge in [0.25, 0.3) is 11.8 Å². The number of rotatable bonds is 5. The summed E-state index contributed by atoms with van der Waals surface area (Å²) in [5, 5.41) is 2.95. The lowest BCUT2D eigenvalue weighted by Gasteiger charge is -2.43. The highest BCUT2D eigenvalue weighted by molar-refractivity contribution is 5.92. The molecule has 1 N–H and O–H groups in total. The maximum Gasteiger partial charge on any atom is 0.270 e. The summed E-state index contributed by atoms with van der Waals surface area (Å²) in [6.07, 6.45) is 1.75. The van der Waals surface area contributed by atoms with Crippen LogP contribution >= 0.6 is 0 Å². The molecule has 2 unspecified atom stereocenters. The van der Waals surface area contributed by atoms with E-state index in [9.17, 15) is 14.0 Å². The van der Waals surface area contributed by atoms with E-state index < -0.39 is 12.1 Å². The second kappa shape index (κ2) is 8.19. The van der Waals surface area contributed by atoms with Crippen LogP contribution in [-0.4, -0.2) is 47.4 Å². The number of ether oxygens (including phenoxy) is 1. The molecule has 1 fully saturated rings. The molecule has 2 atom stereocenters. The monoisotopic (exact) mass is 397 g/mol. The van der Waals surface area contributed by atoms with Crippen LogP contribution in [0.1, 0.15) is 41.1 Å².